The van der Waals surface area contributed by atoms with Gasteiger partial charge in [-0.3, -0.25) is 4.79 Å². The van der Waals surface area contributed by atoms with E-state index in [1.54, 1.807) is 0 Å². The Bertz CT molecular complexity index is 223. The number of carbonyl (C=O) groups is 1. The van der Waals surface area contributed by atoms with Gasteiger partial charge in [0.25, 0.3) is 0 Å². The molecule has 1 amide bonds. The smallest absolute Gasteiger partial charge is 0.222 e. The van der Waals surface area contributed by atoms with Crippen molar-refractivity contribution in [2.24, 2.45) is 0 Å². The zero-order valence-corrected chi connectivity index (χ0v) is 10.7. The molecule has 0 radical (unpaired) electrons. The Hall–Kier alpha value is -0.220. The normalized spacial score (nSPS) is 26.8. The molecule has 92 valence electrons. The Morgan fingerprint density at radius 2 is 2.12 bits per heavy atom. The third kappa shape index (κ3) is 3.67. The van der Waals surface area contributed by atoms with Gasteiger partial charge in [-0.1, -0.05) is 6.42 Å². The van der Waals surface area contributed by atoms with Crippen LogP contribution in [-0.2, 0) is 4.79 Å². The Morgan fingerprint density at radius 3 is 2.81 bits per heavy atom. The molecule has 2 aliphatic rings. The van der Waals surface area contributed by atoms with Crippen LogP contribution in [0.1, 0.15) is 32.1 Å². The summed E-state index contributed by atoms with van der Waals surface area (Å²) in [4.78, 5) is 14.0. The maximum absolute atomic E-state index is 11.9. The van der Waals surface area contributed by atoms with Crippen LogP contribution in [0.2, 0.25) is 0 Å². The molecule has 16 heavy (non-hydrogen) atoms. The second kappa shape index (κ2) is 6.50. The molecule has 2 saturated heterocycles. The van der Waals surface area contributed by atoms with Crippen LogP contribution in [0.5, 0.6) is 0 Å². The van der Waals surface area contributed by atoms with Crippen molar-refractivity contribution in [2.75, 3.05) is 31.1 Å². The summed E-state index contributed by atoms with van der Waals surface area (Å²) in [6.07, 6.45) is 5.65. The minimum absolute atomic E-state index is 0.368. The van der Waals surface area contributed by atoms with Gasteiger partial charge in [0.05, 0.1) is 0 Å². The standard InChI is InChI=1S/C12H22N2OS/c15-12(14-7-9-16-10-8-14)5-4-11-3-1-2-6-13-11/h11,13H,1-10H2. The van der Waals surface area contributed by atoms with E-state index in [1.165, 1.54) is 19.3 Å². The molecule has 0 aromatic rings. The highest BCUT2D eigenvalue weighted by atomic mass is 32.2. The Kier molecular flexibility index (Phi) is 4.97. The van der Waals surface area contributed by atoms with Gasteiger partial charge in [0.15, 0.2) is 0 Å². The van der Waals surface area contributed by atoms with Crippen molar-refractivity contribution >= 4 is 17.7 Å². The van der Waals surface area contributed by atoms with Crippen LogP contribution >= 0.6 is 11.8 Å². The Labute approximate surface area is 102 Å². The van der Waals surface area contributed by atoms with E-state index < -0.39 is 0 Å². The summed E-state index contributed by atoms with van der Waals surface area (Å²) in [5, 5.41) is 3.50. The predicted octanol–water partition coefficient (Wildman–Crippen LogP) is 1.48. The van der Waals surface area contributed by atoms with Gasteiger partial charge in [-0.05, 0) is 25.8 Å². The van der Waals surface area contributed by atoms with Crippen LogP contribution in [-0.4, -0.2) is 48.0 Å². The van der Waals surface area contributed by atoms with Crippen LogP contribution < -0.4 is 5.32 Å². The first-order valence-electron chi connectivity index (χ1n) is 6.45. The maximum atomic E-state index is 11.9. The molecule has 0 aromatic carbocycles. The van der Waals surface area contributed by atoms with E-state index in [2.05, 4.69) is 5.32 Å². The molecule has 2 heterocycles. The average molecular weight is 242 g/mol. The number of nitrogens with zero attached hydrogens (tertiary/aromatic N) is 1. The van der Waals surface area contributed by atoms with Gasteiger partial charge in [-0.2, -0.15) is 11.8 Å². The molecular formula is C12H22N2OS. The van der Waals surface area contributed by atoms with E-state index in [4.69, 9.17) is 0 Å². The molecule has 0 saturated carbocycles. The molecule has 0 aromatic heterocycles. The van der Waals surface area contributed by atoms with Crippen LogP contribution in [0, 0.1) is 0 Å². The molecular weight excluding hydrogens is 220 g/mol. The van der Waals surface area contributed by atoms with E-state index in [9.17, 15) is 4.79 Å². The first kappa shape index (κ1) is 12.2. The van der Waals surface area contributed by atoms with E-state index in [-0.39, 0.29) is 0 Å². The third-order valence-electron chi connectivity index (χ3n) is 3.48. The number of amides is 1. The summed E-state index contributed by atoms with van der Waals surface area (Å²) < 4.78 is 0. The molecule has 1 atom stereocenters. The van der Waals surface area contributed by atoms with E-state index in [0.717, 1.165) is 44.0 Å². The minimum Gasteiger partial charge on any atom is -0.341 e. The van der Waals surface area contributed by atoms with Crippen molar-refractivity contribution in [1.82, 2.24) is 10.2 Å². The number of nitrogens with one attached hydrogen (secondary N) is 1. The topological polar surface area (TPSA) is 32.3 Å². The number of piperidine rings is 1. The van der Waals surface area contributed by atoms with Crippen molar-refractivity contribution in [3.05, 3.63) is 0 Å². The summed E-state index contributed by atoms with van der Waals surface area (Å²) in [6.45, 7) is 3.06. The molecule has 3 nitrogen and oxygen atoms in total. The lowest BCUT2D eigenvalue weighted by molar-refractivity contribution is -0.131. The van der Waals surface area contributed by atoms with Crippen LogP contribution in [0.25, 0.3) is 0 Å². The molecule has 2 rings (SSSR count). The quantitative estimate of drug-likeness (QED) is 0.814. The van der Waals surface area contributed by atoms with Gasteiger partial charge < -0.3 is 10.2 Å². The fourth-order valence-electron chi connectivity index (χ4n) is 2.44. The number of rotatable bonds is 3. The molecule has 0 spiro atoms. The summed E-state index contributed by atoms with van der Waals surface area (Å²) in [7, 11) is 0. The third-order valence-corrected chi connectivity index (χ3v) is 4.43. The molecule has 0 aliphatic carbocycles. The van der Waals surface area contributed by atoms with Crippen molar-refractivity contribution in [2.45, 2.75) is 38.1 Å². The number of thioether (sulfide) groups is 1. The highest BCUT2D eigenvalue weighted by Gasteiger charge is 2.19. The van der Waals surface area contributed by atoms with Crippen molar-refractivity contribution in [1.29, 1.82) is 0 Å². The average Bonchev–Trinajstić information content (AvgIpc) is 2.38. The lowest BCUT2D eigenvalue weighted by Gasteiger charge is -2.28. The first-order chi connectivity index (χ1) is 7.86. The van der Waals surface area contributed by atoms with E-state index in [1.807, 2.05) is 16.7 Å². The fourth-order valence-corrected chi connectivity index (χ4v) is 3.34. The number of hydrogen-bond acceptors (Lipinski definition) is 3. The molecule has 0 bridgehead atoms. The monoisotopic (exact) mass is 242 g/mol. The summed E-state index contributed by atoms with van der Waals surface area (Å²) in [5.41, 5.74) is 0. The molecule has 1 unspecified atom stereocenters. The first-order valence-corrected chi connectivity index (χ1v) is 7.60. The van der Waals surface area contributed by atoms with Crippen molar-refractivity contribution < 1.29 is 4.79 Å². The Morgan fingerprint density at radius 1 is 1.31 bits per heavy atom. The minimum atomic E-state index is 0.368. The van der Waals surface area contributed by atoms with Crippen LogP contribution in [0.15, 0.2) is 0 Å². The number of hydrogen-bond donors (Lipinski definition) is 1. The predicted molar refractivity (Wildman–Crippen MR) is 68.8 cm³/mol. The van der Waals surface area contributed by atoms with Gasteiger partial charge >= 0.3 is 0 Å². The number of carbonyl (C=O) groups excluding carboxylic acids is 1. The highest BCUT2D eigenvalue weighted by molar-refractivity contribution is 7.99. The molecule has 1 N–H and O–H groups in total. The fraction of sp³-hybridized carbons (Fsp3) is 0.917. The van der Waals surface area contributed by atoms with Gasteiger partial charge in [-0.15, -0.1) is 0 Å². The van der Waals surface area contributed by atoms with E-state index in [0.29, 0.717) is 11.9 Å². The van der Waals surface area contributed by atoms with Gasteiger partial charge in [0.1, 0.15) is 0 Å². The second-order valence-corrected chi connectivity index (χ2v) is 5.90. The maximum Gasteiger partial charge on any atom is 0.222 e. The molecule has 2 aliphatic heterocycles. The zero-order valence-electron chi connectivity index (χ0n) is 9.91. The molecule has 2 fully saturated rings. The lowest BCUT2D eigenvalue weighted by atomic mass is 10.0. The summed E-state index contributed by atoms with van der Waals surface area (Å²) in [6, 6.07) is 0.594. The van der Waals surface area contributed by atoms with Crippen LogP contribution in [0.3, 0.4) is 0 Å². The molecule has 4 heteroatoms. The van der Waals surface area contributed by atoms with Crippen molar-refractivity contribution in [3.63, 3.8) is 0 Å². The van der Waals surface area contributed by atoms with Gasteiger partial charge in [0.2, 0.25) is 5.91 Å². The van der Waals surface area contributed by atoms with Crippen molar-refractivity contribution in [3.8, 4) is 0 Å². The van der Waals surface area contributed by atoms with Crippen LogP contribution in [0.4, 0.5) is 0 Å². The zero-order chi connectivity index (χ0) is 11.2. The summed E-state index contributed by atoms with van der Waals surface area (Å²) >= 11 is 1.96. The van der Waals surface area contributed by atoms with Gasteiger partial charge in [0, 0.05) is 37.1 Å². The SMILES string of the molecule is O=C(CCC1CCCCN1)N1CCSCC1. The lowest BCUT2D eigenvalue weighted by Crippen LogP contribution is -2.39. The Balaban J connectivity index is 1.65. The van der Waals surface area contributed by atoms with Gasteiger partial charge in [-0.25, -0.2) is 0 Å². The second-order valence-electron chi connectivity index (χ2n) is 4.68. The highest BCUT2D eigenvalue weighted by Crippen LogP contribution is 2.14. The largest absolute Gasteiger partial charge is 0.341 e. The van der Waals surface area contributed by atoms with E-state index >= 15 is 0 Å². The summed E-state index contributed by atoms with van der Waals surface area (Å²) in [5.74, 6) is 2.61.